The third-order valence-corrected chi connectivity index (χ3v) is 4.60. The molecule has 1 aromatic heterocycles. The van der Waals surface area contributed by atoms with Crippen LogP contribution in [-0.2, 0) is 0 Å². The van der Waals surface area contributed by atoms with Crippen LogP contribution in [0.2, 0.25) is 0 Å². The van der Waals surface area contributed by atoms with Crippen LogP contribution < -0.4 is 19.6 Å². The molecule has 0 radical (unpaired) electrons. The highest BCUT2D eigenvalue weighted by Gasteiger charge is 2.07. The van der Waals surface area contributed by atoms with Crippen LogP contribution in [-0.4, -0.2) is 36.9 Å². The van der Waals surface area contributed by atoms with Crippen molar-refractivity contribution in [3.05, 3.63) is 83.2 Å². The Morgan fingerprint density at radius 1 is 0.939 bits per heavy atom. The summed E-state index contributed by atoms with van der Waals surface area (Å²) in [6, 6.07) is 14.9. The van der Waals surface area contributed by atoms with Crippen LogP contribution in [0, 0.1) is 13.8 Å². The summed E-state index contributed by atoms with van der Waals surface area (Å²) < 4.78 is 17.5. The van der Waals surface area contributed by atoms with Crippen LogP contribution in [0.4, 0.5) is 0 Å². The van der Waals surface area contributed by atoms with Crippen molar-refractivity contribution in [2.75, 3.05) is 19.8 Å². The quantitative estimate of drug-likeness (QED) is 0.262. The lowest BCUT2D eigenvalue weighted by Crippen LogP contribution is -2.17. The number of aromatic nitrogens is 1. The van der Waals surface area contributed by atoms with E-state index in [-0.39, 0.29) is 5.91 Å². The molecule has 33 heavy (non-hydrogen) atoms. The number of benzene rings is 2. The second-order valence-electron chi connectivity index (χ2n) is 7.45. The molecule has 0 atom stereocenters. The standard InChI is InChI=1S/C26H29N3O4/c1-4-31-25-17-21(18-28-29-26(30)22-8-10-27-11-9-22)6-7-24(25)33-13-5-12-32-23-15-19(2)14-20(3)16-23/h6-11,14-18H,4-5,12-13H2,1-3H3,(H,29,30)/b28-18-. The zero-order chi connectivity index (χ0) is 23.5. The molecule has 0 aliphatic carbocycles. The van der Waals surface area contributed by atoms with E-state index in [0.717, 1.165) is 17.7 Å². The maximum absolute atomic E-state index is 12.0. The van der Waals surface area contributed by atoms with E-state index < -0.39 is 0 Å². The summed E-state index contributed by atoms with van der Waals surface area (Å²) in [6.45, 7) is 7.60. The predicted octanol–water partition coefficient (Wildman–Crippen LogP) is 4.71. The number of carbonyl (C=O) groups is 1. The first-order chi connectivity index (χ1) is 16.0. The van der Waals surface area contributed by atoms with Crippen molar-refractivity contribution in [3.8, 4) is 17.2 Å². The monoisotopic (exact) mass is 447 g/mol. The smallest absolute Gasteiger partial charge is 0.271 e. The molecule has 1 N–H and O–H groups in total. The molecule has 7 heteroatoms. The van der Waals surface area contributed by atoms with E-state index in [1.165, 1.54) is 11.1 Å². The average Bonchev–Trinajstić information content (AvgIpc) is 2.80. The zero-order valence-electron chi connectivity index (χ0n) is 19.2. The molecule has 7 nitrogen and oxygen atoms in total. The number of aryl methyl sites for hydroxylation is 2. The van der Waals surface area contributed by atoms with Gasteiger partial charge < -0.3 is 14.2 Å². The molecular weight excluding hydrogens is 418 g/mol. The number of hydrogen-bond acceptors (Lipinski definition) is 6. The molecule has 0 spiro atoms. The Bertz CT molecular complexity index is 1060. The van der Waals surface area contributed by atoms with Gasteiger partial charge in [0, 0.05) is 24.4 Å². The maximum atomic E-state index is 12.0. The van der Waals surface area contributed by atoms with Crippen molar-refractivity contribution in [1.82, 2.24) is 10.4 Å². The van der Waals surface area contributed by atoms with Gasteiger partial charge in [-0.25, -0.2) is 5.43 Å². The number of pyridine rings is 1. The van der Waals surface area contributed by atoms with Crippen molar-refractivity contribution in [3.63, 3.8) is 0 Å². The molecule has 0 aliphatic heterocycles. The van der Waals surface area contributed by atoms with Crippen molar-refractivity contribution in [2.24, 2.45) is 5.10 Å². The lowest BCUT2D eigenvalue weighted by molar-refractivity contribution is 0.0955. The third kappa shape index (κ3) is 7.64. The summed E-state index contributed by atoms with van der Waals surface area (Å²) in [5, 5.41) is 4.02. The summed E-state index contributed by atoms with van der Waals surface area (Å²) in [6.07, 6.45) is 5.41. The van der Waals surface area contributed by atoms with Crippen LogP contribution in [0.5, 0.6) is 17.2 Å². The highest BCUT2D eigenvalue weighted by atomic mass is 16.5. The molecule has 0 unspecified atom stereocenters. The number of nitrogens with zero attached hydrogens (tertiary/aromatic N) is 2. The minimum atomic E-state index is -0.304. The summed E-state index contributed by atoms with van der Waals surface area (Å²) >= 11 is 0. The normalized spacial score (nSPS) is 10.8. The van der Waals surface area contributed by atoms with Gasteiger partial charge >= 0.3 is 0 Å². The summed E-state index contributed by atoms with van der Waals surface area (Å²) in [5.74, 6) is 1.85. The van der Waals surface area contributed by atoms with Gasteiger partial charge in [0.2, 0.25) is 0 Å². The number of hydrazone groups is 1. The Balaban J connectivity index is 1.50. The van der Waals surface area contributed by atoms with E-state index in [4.69, 9.17) is 14.2 Å². The van der Waals surface area contributed by atoms with E-state index in [1.54, 1.807) is 30.7 Å². The van der Waals surface area contributed by atoms with Gasteiger partial charge in [-0.2, -0.15) is 5.10 Å². The van der Waals surface area contributed by atoms with Crippen molar-refractivity contribution in [1.29, 1.82) is 0 Å². The molecule has 0 saturated carbocycles. The van der Waals surface area contributed by atoms with Gasteiger partial charge in [-0.05, 0) is 79.9 Å². The molecule has 2 aromatic carbocycles. The van der Waals surface area contributed by atoms with Gasteiger partial charge in [-0.15, -0.1) is 0 Å². The van der Waals surface area contributed by atoms with Crippen LogP contribution in [0.15, 0.2) is 66.0 Å². The second kappa shape index (κ2) is 12.2. The highest BCUT2D eigenvalue weighted by molar-refractivity contribution is 5.94. The molecule has 3 aromatic rings. The van der Waals surface area contributed by atoms with Crippen molar-refractivity contribution < 1.29 is 19.0 Å². The molecule has 172 valence electrons. The summed E-state index contributed by atoms with van der Waals surface area (Å²) in [7, 11) is 0. The van der Waals surface area contributed by atoms with Crippen molar-refractivity contribution >= 4 is 12.1 Å². The first-order valence-corrected chi connectivity index (χ1v) is 10.9. The number of hydrogen-bond donors (Lipinski definition) is 1. The summed E-state index contributed by atoms with van der Waals surface area (Å²) in [4.78, 5) is 15.9. The Kier molecular flexibility index (Phi) is 8.82. The number of nitrogens with one attached hydrogen (secondary N) is 1. The van der Waals surface area contributed by atoms with Crippen LogP contribution in [0.3, 0.4) is 0 Å². The number of rotatable bonds is 11. The fraction of sp³-hybridized carbons (Fsp3) is 0.269. The van der Waals surface area contributed by atoms with Crippen molar-refractivity contribution in [2.45, 2.75) is 27.2 Å². The maximum Gasteiger partial charge on any atom is 0.271 e. The van der Waals surface area contributed by atoms with Crippen LogP contribution >= 0.6 is 0 Å². The van der Waals surface area contributed by atoms with E-state index in [2.05, 4.69) is 35.4 Å². The lowest BCUT2D eigenvalue weighted by Gasteiger charge is -2.13. The fourth-order valence-electron chi connectivity index (χ4n) is 3.17. The predicted molar refractivity (Wildman–Crippen MR) is 128 cm³/mol. The van der Waals surface area contributed by atoms with E-state index in [0.29, 0.717) is 36.9 Å². The molecule has 0 aliphatic rings. The number of amides is 1. The molecule has 0 saturated heterocycles. The first-order valence-electron chi connectivity index (χ1n) is 10.9. The van der Waals surface area contributed by atoms with Crippen LogP contribution in [0.25, 0.3) is 0 Å². The molecule has 1 amide bonds. The molecule has 0 bridgehead atoms. The molecule has 1 heterocycles. The van der Waals surface area contributed by atoms with Gasteiger partial charge in [-0.3, -0.25) is 9.78 Å². The highest BCUT2D eigenvalue weighted by Crippen LogP contribution is 2.28. The van der Waals surface area contributed by atoms with Gasteiger partial charge in [0.1, 0.15) is 5.75 Å². The Hall–Kier alpha value is -3.87. The van der Waals surface area contributed by atoms with Gasteiger partial charge in [0.25, 0.3) is 5.91 Å². The topological polar surface area (TPSA) is 82.0 Å². The van der Waals surface area contributed by atoms with Gasteiger partial charge in [-0.1, -0.05) is 6.07 Å². The Morgan fingerprint density at radius 3 is 2.39 bits per heavy atom. The van der Waals surface area contributed by atoms with E-state index >= 15 is 0 Å². The molecule has 3 rings (SSSR count). The Morgan fingerprint density at radius 2 is 1.67 bits per heavy atom. The fourth-order valence-corrected chi connectivity index (χ4v) is 3.17. The van der Waals surface area contributed by atoms with Gasteiger partial charge in [0.05, 0.1) is 26.0 Å². The number of ether oxygens (including phenoxy) is 3. The molecule has 0 fully saturated rings. The average molecular weight is 448 g/mol. The minimum absolute atomic E-state index is 0.304. The summed E-state index contributed by atoms with van der Waals surface area (Å²) in [5.41, 5.74) is 6.13. The third-order valence-electron chi connectivity index (χ3n) is 4.60. The first kappa shape index (κ1) is 23.8. The lowest BCUT2D eigenvalue weighted by atomic mass is 10.1. The van der Waals surface area contributed by atoms with E-state index in [9.17, 15) is 4.79 Å². The largest absolute Gasteiger partial charge is 0.493 e. The second-order valence-corrected chi connectivity index (χ2v) is 7.45. The molecular formula is C26H29N3O4. The minimum Gasteiger partial charge on any atom is -0.493 e. The Labute approximate surface area is 194 Å². The number of carbonyl (C=O) groups excluding carboxylic acids is 1. The van der Waals surface area contributed by atoms with E-state index in [1.807, 2.05) is 37.3 Å². The van der Waals surface area contributed by atoms with Gasteiger partial charge in [0.15, 0.2) is 11.5 Å². The van der Waals surface area contributed by atoms with Crippen LogP contribution in [0.1, 0.15) is 40.4 Å². The SMILES string of the molecule is CCOc1cc(/C=N\NC(=O)c2ccncc2)ccc1OCCCOc1cc(C)cc(C)c1. The zero-order valence-corrected chi connectivity index (χ0v) is 19.2.